The highest BCUT2D eigenvalue weighted by atomic mass is 15.2. The number of rotatable bonds is 3. The van der Waals surface area contributed by atoms with Gasteiger partial charge in [-0.25, -0.2) is 0 Å². The lowest BCUT2D eigenvalue weighted by molar-refractivity contribution is 1.10. The number of nitrogens with zero attached hydrogens (tertiary/aromatic N) is 1. The molecular formula is C29H37N. The minimum atomic E-state index is 1.31. The standard InChI is InChI=1S/C29H37N/c1-16-12-18(3)27(19(4)13-16)30(28-20(5)14-17(2)15-21(28)6)29-25(10)23(8)22(7)24(9)26(29)11/h12-15H,1-11H3. The lowest BCUT2D eigenvalue weighted by atomic mass is 9.90. The summed E-state index contributed by atoms with van der Waals surface area (Å²) in [5, 5.41) is 0. The molecule has 0 amide bonds. The van der Waals surface area contributed by atoms with Gasteiger partial charge in [0.15, 0.2) is 0 Å². The summed E-state index contributed by atoms with van der Waals surface area (Å²) >= 11 is 0. The van der Waals surface area contributed by atoms with Crippen molar-refractivity contribution < 1.29 is 0 Å². The van der Waals surface area contributed by atoms with Gasteiger partial charge in [0.1, 0.15) is 0 Å². The molecule has 3 aromatic rings. The van der Waals surface area contributed by atoms with Crippen molar-refractivity contribution in [1.29, 1.82) is 0 Å². The molecule has 0 N–H and O–H groups in total. The van der Waals surface area contributed by atoms with Gasteiger partial charge in [-0.05, 0) is 126 Å². The lowest BCUT2D eigenvalue weighted by Crippen LogP contribution is -2.19. The molecule has 3 rings (SSSR count). The Kier molecular flexibility index (Phi) is 5.87. The Morgan fingerprint density at radius 2 is 0.633 bits per heavy atom. The van der Waals surface area contributed by atoms with E-state index in [1.807, 2.05) is 0 Å². The molecule has 0 spiro atoms. The molecule has 0 unspecified atom stereocenters. The van der Waals surface area contributed by atoms with Crippen molar-refractivity contribution in [3.8, 4) is 0 Å². The first-order valence-corrected chi connectivity index (χ1v) is 11.0. The molecule has 30 heavy (non-hydrogen) atoms. The van der Waals surface area contributed by atoms with E-state index in [0.29, 0.717) is 0 Å². The molecule has 0 saturated carbocycles. The van der Waals surface area contributed by atoms with E-state index in [2.05, 4.69) is 105 Å². The summed E-state index contributed by atoms with van der Waals surface area (Å²) in [4.78, 5) is 2.55. The molecule has 1 heteroatoms. The van der Waals surface area contributed by atoms with Crippen molar-refractivity contribution in [2.75, 3.05) is 4.90 Å². The van der Waals surface area contributed by atoms with Crippen LogP contribution in [0.25, 0.3) is 0 Å². The zero-order valence-electron chi connectivity index (χ0n) is 20.8. The van der Waals surface area contributed by atoms with Crippen LogP contribution in [0.1, 0.15) is 61.2 Å². The third-order valence-electron chi connectivity index (χ3n) is 6.90. The van der Waals surface area contributed by atoms with E-state index in [1.165, 1.54) is 78.3 Å². The van der Waals surface area contributed by atoms with E-state index in [1.54, 1.807) is 0 Å². The largest absolute Gasteiger partial charge is 0.309 e. The maximum Gasteiger partial charge on any atom is 0.0525 e. The minimum absolute atomic E-state index is 1.31. The van der Waals surface area contributed by atoms with Gasteiger partial charge in [-0.15, -0.1) is 0 Å². The van der Waals surface area contributed by atoms with E-state index < -0.39 is 0 Å². The normalized spacial score (nSPS) is 11.2. The van der Waals surface area contributed by atoms with E-state index in [-0.39, 0.29) is 0 Å². The Hall–Kier alpha value is -2.54. The Labute approximate surface area is 183 Å². The summed E-state index contributed by atoms with van der Waals surface area (Å²) in [6.45, 7) is 24.7. The second-order valence-electron chi connectivity index (χ2n) is 9.30. The van der Waals surface area contributed by atoms with E-state index in [9.17, 15) is 0 Å². The number of hydrogen-bond acceptors (Lipinski definition) is 1. The highest BCUT2D eigenvalue weighted by molar-refractivity contribution is 5.87. The molecule has 158 valence electrons. The summed E-state index contributed by atoms with van der Waals surface area (Å²) in [7, 11) is 0. The van der Waals surface area contributed by atoms with Gasteiger partial charge in [0.2, 0.25) is 0 Å². The first-order valence-electron chi connectivity index (χ1n) is 11.0. The molecule has 0 aliphatic heterocycles. The molecule has 0 aliphatic rings. The average molecular weight is 400 g/mol. The van der Waals surface area contributed by atoms with Gasteiger partial charge in [0.05, 0.1) is 17.1 Å². The Balaban J connectivity index is 2.53. The smallest absolute Gasteiger partial charge is 0.0525 e. The number of anilines is 3. The van der Waals surface area contributed by atoms with E-state index >= 15 is 0 Å². The molecule has 0 saturated heterocycles. The highest BCUT2D eigenvalue weighted by Crippen LogP contribution is 2.46. The number of hydrogen-bond donors (Lipinski definition) is 0. The van der Waals surface area contributed by atoms with Crippen molar-refractivity contribution >= 4 is 17.1 Å². The van der Waals surface area contributed by atoms with Crippen LogP contribution in [0.3, 0.4) is 0 Å². The topological polar surface area (TPSA) is 3.24 Å². The average Bonchev–Trinajstić information content (AvgIpc) is 2.63. The van der Waals surface area contributed by atoms with Crippen LogP contribution in [0.2, 0.25) is 0 Å². The van der Waals surface area contributed by atoms with Gasteiger partial charge >= 0.3 is 0 Å². The molecule has 0 aromatic heterocycles. The summed E-state index contributed by atoms with van der Waals surface area (Å²) in [6, 6.07) is 9.25. The van der Waals surface area contributed by atoms with Gasteiger partial charge in [0, 0.05) is 0 Å². The van der Waals surface area contributed by atoms with Gasteiger partial charge < -0.3 is 4.90 Å². The van der Waals surface area contributed by atoms with Crippen molar-refractivity contribution in [2.45, 2.75) is 76.2 Å². The molecule has 0 bridgehead atoms. The van der Waals surface area contributed by atoms with Gasteiger partial charge in [0.25, 0.3) is 0 Å². The van der Waals surface area contributed by atoms with Gasteiger partial charge in [-0.2, -0.15) is 0 Å². The SMILES string of the molecule is Cc1cc(C)c(N(c2c(C)cc(C)cc2C)c2c(C)c(C)c(C)c(C)c2C)c(C)c1. The third kappa shape index (κ3) is 3.55. The molecule has 1 nitrogen and oxygen atoms in total. The molecule has 3 aromatic carbocycles. The Morgan fingerprint density at radius 3 is 0.933 bits per heavy atom. The van der Waals surface area contributed by atoms with Crippen LogP contribution < -0.4 is 4.90 Å². The fourth-order valence-corrected chi connectivity index (χ4v) is 5.20. The van der Waals surface area contributed by atoms with E-state index in [0.717, 1.165) is 0 Å². The number of aryl methyl sites for hydroxylation is 6. The predicted molar refractivity (Wildman–Crippen MR) is 133 cm³/mol. The van der Waals surface area contributed by atoms with Crippen molar-refractivity contribution in [2.24, 2.45) is 0 Å². The van der Waals surface area contributed by atoms with Gasteiger partial charge in [-0.1, -0.05) is 35.4 Å². The predicted octanol–water partition coefficient (Wildman–Crippen LogP) is 8.55. The fourth-order valence-electron chi connectivity index (χ4n) is 5.20. The number of benzene rings is 3. The van der Waals surface area contributed by atoms with Crippen LogP contribution in [0.5, 0.6) is 0 Å². The summed E-state index contributed by atoms with van der Waals surface area (Å²) < 4.78 is 0. The molecular weight excluding hydrogens is 362 g/mol. The summed E-state index contributed by atoms with van der Waals surface area (Å²) in [6.07, 6.45) is 0. The van der Waals surface area contributed by atoms with Crippen molar-refractivity contribution in [1.82, 2.24) is 0 Å². The molecule has 0 atom stereocenters. The van der Waals surface area contributed by atoms with Crippen LogP contribution >= 0.6 is 0 Å². The molecule has 0 radical (unpaired) electrons. The highest BCUT2D eigenvalue weighted by Gasteiger charge is 2.25. The first kappa shape index (κ1) is 22.2. The summed E-state index contributed by atoms with van der Waals surface area (Å²) in [5.74, 6) is 0. The van der Waals surface area contributed by atoms with E-state index in [4.69, 9.17) is 0 Å². The van der Waals surface area contributed by atoms with Crippen LogP contribution in [0, 0.1) is 76.2 Å². The second-order valence-corrected chi connectivity index (χ2v) is 9.30. The van der Waals surface area contributed by atoms with Crippen LogP contribution in [-0.4, -0.2) is 0 Å². The van der Waals surface area contributed by atoms with Gasteiger partial charge in [-0.3, -0.25) is 0 Å². The Morgan fingerprint density at radius 1 is 0.367 bits per heavy atom. The molecule has 0 aliphatic carbocycles. The van der Waals surface area contributed by atoms with Crippen molar-refractivity contribution in [3.05, 3.63) is 85.5 Å². The maximum atomic E-state index is 2.55. The quantitative estimate of drug-likeness (QED) is 0.426. The van der Waals surface area contributed by atoms with Crippen LogP contribution in [-0.2, 0) is 0 Å². The Bertz CT molecular complexity index is 1010. The zero-order valence-corrected chi connectivity index (χ0v) is 20.8. The zero-order chi connectivity index (χ0) is 22.5. The van der Waals surface area contributed by atoms with Crippen LogP contribution in [0.15, 0.2) is 24.3 Å². The molecule has 0 heterocycles. The molecule has 0 fully saturated rings. The lowest BCUT2D eigenvalue weighted by Gasteiger charge is -2.35. The minimum Gasteiger partial charge on any atom is -0.309 e. The van der Waals surface area contributed by atoms with Crippen molar-refractivity contribution in [3.63, 3.8) is 0 Å². The second kappa shape index (κ2) is 7.95. The monoisotopic (exact) mass is 399 g/mol. The maximum absolute atomic E-state index is 2.55. The summed E-state index contributed by atoms with van der Waals surface area (Å²) in [5.41, 5.74) is 18.8. The first-order chi connectivity index (χ1) is 14.0. The van der Waals surface area contributed by atoms with Crippen LogP contribution in [0.4, 0.5) is 17.1 Å². The fraction of sp³-hybridized carbons (Fsp3) is 0.379. The third-order valence-corrected chi connectivity index (χ3v) is 6.90.